The SMILES string of the molecule is CCc1ccc(Cc2cc([C@@H]3O[C@H](CO)[C@@H](O)[C@H](O)[C@H]3O)ccc2Cl)cc1.CCc1ccc(Cc2cc([C@@H]3O[C@H](CO)[C@@H](O)[C@H](O)[C@H]3O)ccc2Cl)cc1.C[C@H](O)CO.O. The van der Waals surface area contributed by atoms with Gasteiger partial charge in [-0.25, -0.2) is 0 Å². The molecule has 6 rings (SSSR count). The van der Waals surface area contributed by atoms with Gasteiger partial charge in [-0.2, -0.15) is 0 Å². The predicted octanol–water partition coefficient (Wildman–Crippen LogP) is 2.55. The van der Waals surface area contributed by atoms with Gasteiger partial charge in [0.25, 0.3) is 0 Å². The zero-order chi connectivity index (χ0) is 43.4. The summed E-state index contributed by atoms with van der Waals surface area (Å²) in [4.78, 5) is 0. The van der Waals surface area contributed by atoms with Gasteiger partial charge in [-0.1, -0.05) is 110 Å². The number of aryl methyl sites for hydroxylation is 2. The number of rotatable bonds is 11. The van der Waals surface area contributed by atoms with Crippen molar-refractivity contribution >= 4 is 23.2 Å². The molecule has 2 aliphatic heterocycles. The topological polar surface area (TPSA) is 252 Å². The lowest BCUT2D eigenvalue weighted by atomic mass is 9.90. The Morgan fingerprint density at radius 2 is 0.833 bits per heavy atom. The van der Waals surface area contributed by atoms with Crippen molar-refractivity contribution in [3.8, 4) is 0 Å². The molecule has 15 heteroatoms. The fourth-order valence-corrected chi connectivity index (χ4v) is 7.16. The third-order valence-corrected chi connectivity index (χ3v) is 11.2. The van der Waals surface area contributed by atoms with Crippen LogP contribution in [0.4, 0.5) is 0 Å². The minimum Gasteiger partial charge on any atom is -0.412 e. The number of ether oxygens (including phenoxy) is 2. The highest BCUT2D eigenvalue weighted by Gasteiger charge is 2.45. The molecule has 11 atom stereocenters. The van der Waals surface area contributed by atoms with E-state index in [1.165, 1.54) is 18.1 Å². The molecule has 2 fully saturated rings. The maximum absolute atomic E-state index is 10.3. The molecule has 2 aliphatic rings. The second-order valence-electron chi connectivity index (χ2n) is 14.9. The Kier molecular flexibility index (Phi) is 21.0. The van der Waals surface area contributed by atoms with E-state index in [0.29, 0.717) is 34.0 Å². The van der Waals surface area contributed by atoms with Crippen LogP contribution in [-0.2, 0) is 35.2 Å². The summed E-state index contributed by atoms with van der Waals surface area (Å²) in [7, 11) is 0. The summed E-state index contributed by atoms with van der Waals surface area (Å²) >= 11 is 12.7. The maximum Gasteiger partial charge on any atom is 0.113 e. The van der Waals surface area contributed by atoms with Crippen molar-refractivity contribution in [2.45, 2.75) is 114 Å². The van der Waals surface area contributed by atoms with Gasteiger partial charge in [-0.3, -0.25) is 0 Å². The summed E-state index contributed by atoms with van der Waals surface area (Å²) in [5.74, 6) is 0. The lowest BCUT2D eigenvalue weighted by Crippen LogP contribution is -2.55. The maximum atomic E-state index is 10.3. The van der Waals surface area contributed by atoms with Crippen molar-refractivity contribution in [3.63, 3.8) is 0 Å². The van der Waals surface area contributed by atoms with Crippen LogP contribution in [0.25, 0.3) is 0 Å². The van der Waals surface area contributed by atoms with Crippen molar-refractivity contribution in [1.82, 2.24) is 0 Å². The van der Waals surface area contributed by atoms with E-state index in [1.54, 1.807) is 24.3 Å². The Morgan fingerprint density at radius 1 is 0.517 bits per heavy atom. The molecular weight excluding hydrogens is 819 g/mol. The van der Waals surface area contributed by atoms with Crippen LogP contribution in [0.3, 0.4) is 0 Å². The van der Waals surface area contributed by atoms with E-state index in [4.69, 9.17) is 42.9 Å². The minimum atomic E-state index is -1.40. The molecule has 12 N–H and O–H groups in total. The number of halogens is 2. The Bertz CT molecular complexity index is 1730. The summed E-state index contributed by atoms with van der Waals surface area (Å²) in [5.41, 5.74) is 7.76. The van der Waals surface area contributed by atoms with Crippen molar-refractivity contribution in [2.75, 3.05) is 19.8 Å². The Morgan fingerprint density at radius 3 is 1.12 bits per heavy atom. The first-order valence-corrected chi connectivity index (χ1v) is 20.5. The van der Waals surface area contributed by atoms with Gasteiger partial charge >= 0.3 is 0 Å². The van der Waals surface area contributed by atoms with Crippen LogP contribution in [0.5, 0.6) is 0 Å². The van der Waals surface area contributed by atoms with Gasteiger partial charge in [-0.15, -0.1) is 0 Å². The van der Waals surface area contributed by atoms with Crippen LogP contribution in [-0.4, -0.2) is 131 Å². The molecular formula is C45H60Cl2O13. The Hall–Kier alpha value is -3.06. The van der Waals surface area contributed by atoms with Crippen molar-refractivity contribution in [3.05, 3.63) is 139 Å². The Balaban J connectivity index is 0.000000284. The van der Waals surface area contributed by atoms with Crippen molar-refractivity contribution in [2.24, 2.45) is 0 Å². The van der Waals surface area contributed by atoms with Crippen LogP contribution in [0, 0.1) is 0 Å². The lowest BCUT2D eigenvalue weighted by molar-refractivity contribution is -0.231. The predicted molar refractivity (Wildman–Crippen MR) is 228 cm³/mol. The molecule has 2 heterocycles. The largest absolute Gasteiger partial charge is 0.412 e. The highest BCUT2D eigenvalue weighted by Crippen LogP contribution is 2.36. The number of hydrogen-bond acceptors (Lipinski definition) is 12. The number of hydrogen-bond donors (Lipinski definition) is 10. The van der Waals surface area contributed by atoms with Crippen LogP contribution < -0.4 is 0 Å². The molecule has 0 saturated carbocycles. The first kappa shape index (κ1) is 51.3. The monoisotopic (exact) mass is 878 g/mol. The first-order chi connectivity index (χ1) is 28.1. The molecule has 2 saturated heterocycles. The Labute approximate surface area is 361 Å². The number of aliphatic hydroxyl groups is 10. The fraction of sp³-hybridized carbons (Fsp3) is 0.467. The van der Waals surface area contributed by atoms with Gasteiger partial charge in [0.1, 0.15) is 61.0 Å². The normalized spacial score (nSPS) is 26.7. The van der Waals surface area contributed by atoms with Crippen LogP contribution in [0.1, 0.15) is 77.5 Å². The van der Waals surface area contributed by atoms with E-state index in [-0.39, 0.29) is 12.1 Å². The third-order valence-electron chi connectivity index (χ3n) is 10.5. The standard InChI is InChI=1S/2C21H25ClO5.C3H8O2.H2O/c2*1-2-12-3-5-13(6-4-12)9-15-10-14(7-8-16(15)22)21-20(26)19(25)18(24)17(11-23)27-21;1-3(5)2-4;/h2*3-8,10,17-21,23-26H,2,9,11H2,1H3;3-5H,2H2,1H3;1H2/t2*17-,18-,19+,20-,21+;3-;/m110./s1. The number of aliphatic hydroxyl groups excluding tert-OH is 10. The fourth-order valence-electron chi connectivity index (χ4n) is 6.79. The molecule has 0 unspecified atom stereocenters. The molecule has 13 nitrogen and oxygen atoms in total. The zero-order valence-electron chi connectivity index (χ0n) is 33.9. The molecule has 60 heavy (non-hydrogen) atoms. The van der Waals surface area contributed by atoms with E-state index < -0.39 is 80.4 Å². The smallest absolute Gasteiger partial charge is 0.113 e. The molecule has 0 radical (unpaired) electrons. The van der Waals surface area contributed by atoms with Gasteiger partial charge in [0, 0.05) is 10.0 Å². The molecule has 332 valence electrons. The van der Waals surface area contributed by atoms with Crippen LogP contribution in [0.15, 0.2) is 84.9 Å². The van der Waals surface area contributed by atoms with Crippen molar-refractivity contribution < 1.29 is 66.0 Å². The minimum absolute atomic E-state index is 0. The molecule has 4 aromatic rings. The summed E-state index contributed by atoms with van der Waals surface area (Å²) in [5, 5.41) is 96.5. The van der Waals surface area contributed by atoms with E-state index >= 15 is 0 Å². The van der Waals surface area contributed by atoms with E-state index in [9.17, 15) is 40.9 Å². The molecule has 0 aromatic heterocycles. The molecule has 4 aromatic carbocycles. The van der Waals surface area contributed by atoms with Gasteiger partial charge in [0.2, 0.25) is 0 Å². The van der Waals surface area contributed by atoms with Crippen LogP contribution in [0.2, 0.25) is 10.0 Å². The highest BCUT2D eigenvalue weighted by atomic mass is 35.5. The molecule has 0 bridgehead atoms. The van der Waals surface area contributed by atoms with Gasteiger partial charge in [0.15, 0.2) is 0 Å². The third kappa shape index (κ3) is 13.5. The van der Waals surface area contributed by atoms with Gasteiger partial charge in [-0.05, 0) is 89.2 Å². The molecule has 0 amide bonds. The van der Waals surface area contributed by atoms with Crippen molar-refractivity contribution in [1.29, 1.82) is 0 Å². The lowest BCUT2D eigenvalue weighted by Gasteiger charge is -2.40. The molecule has 0 aliphatic carbocycles. The second kappa shape index (κ2) is 24.5. The van der Waals surface area contributed by atoms with E-state index in [2.05, 4.69) is 62.4 Å². The summed E-state index contributed by atoms with van der Waals surface area (Å²) in [6.45, 7) is 4.70. The molecule has 0 spiro atoms. The summed E-state index contributed by atoms with van der Waals surface area (Å²) in [6, 6.07) is 27.2. The van der Waals surface area contributed by atoms with E-state index in [1.807, 2.05) is 12.1 Å². The average Bonchev–Trinajstić information content (AvgIpc) is 3.25. The first-order valence-electron chi connectivity index (χ1n) is 19.8. The van der Waals surface area contributed by atoms with E-state index in [0.717, 1.165) is 35.1 Å². The summed E-state index contributed by atoms with van der Waals surface area (Å²) < 4.78 is 11.3. The zero-order valence-corrected chi connectivity index (χ0v) is 35.4. The van der Waals surface area contributed by atoms with Gasteiger partial charge < -0.3 is 66.0 Å². The van der Waals surface area contributed by atoms with Gasteiger partial charge in [0.05, 0.1) is 25.9 Å². The quantitative estimate of drug-likeness (QED) is 0.104. The highest BCUT2D eigenvalue weighted by molar-refractivity contribution is 6.31. The number of benzene rings is 4. The summed E-state index contributed by atoms with van der Waals surface area (Å²) in [6.07, 6.45) is -9.11. The average molecular weight is 880 g/mol. The van der Waals surface area contributed by atoms with Crippen LogP contribution >= 0.6 is 23.2 Å². The second-order valence-corrected chi connectivity index (χ2v) is 15.7.